The molecule has 0 bridgehead atoms. The molecule has 6 heteroatoms. The van der Waals surface area contributed by atoms with E-state index in [1.807, 2.05) is 20.8 Å². The molecule has 5 nitrogen and oxygen atoms in total. The highest BCUT2D eigenvalue weighted by Gasteiger charge is 2.40. The van der Waals surface area contributed by atoms with Crippen molar-refractivity contribution in [2.24, 2.45) is 0 Å². The van der Waals surface area contributed by atoms with Gasteiger partial charge in [0.25, 0.3) is 0 Å². The standard InChI is InChI=1S/C11H18N2O3S/c1-11(2,3)16-10(15)13-4-7-8(5-13)17-6-9(14)12-7/h7-8H,4-6H2,1-3H3,(H,12,14)/t7-,8-/m0/s1. The Hall–Kier alpha value is -0.910. The van der Waals surface area contributed by atoms with Crippen molar-refractivity contribution in [2.75, 3.05) is 18.8 Å². The van der Waals surface area contributed by atoms with Crippen LogP contribution in [-0.4, -0.2) is 52.6 Å². The van der Waals surface area contributed by atoms with Crippen molar-refractivity contribution in [3.63, 3.8) is 0 Å². The molecule has 0 saturated carbocycles. The first-order valence-corrected chi connectivity index (χ1v) is 6.79. The summed E-state index contributed by atoms with van der Waals surface area (Å²) < 4.78 is 5.32. The molecule has 2 aliphatic rings. The summed E-state index contributed by atoms with van der Waals surface area (Å²) >= 11 is 1.62. The third-order valence-corrected chi connectivity index (χ3v) is 4.03. The maximum atomic E-state index is 11.9. The van der Waals surface area contributed by atoms with Crippen molar-refractivity contribution in [3.8, 4) is 0 Å². The average Bonchev–Trinajstić information content (AvgIpc) is 2.57. The van der Waals surface area contributed by atoms with Crippen molar-refractivity contribution >= 4 is 23.8 Å². The number of nitrogens with zero attached hydrogens (tertiary/aromatic N) is 1. The summed E-state index contributed by atoms with van der Waals surface area (Å²) in [6.45, 7) is 6.77. The van der Waals surface area contributed by atoms with Gasteiger partial charge >= 0.3 is 6.09 Å². The molecule has 2 fully saturated rings. The number of amides is 2. The highest BCUT2D eigenvalue weighted by molar-refractivity contribution is 8.00. The number of hydrogen-bond acceptors (Lipinski definition) is 4. The monoisotopic (exact) mass is 258 g/mol. The van der Waals surface area contributed by atoms with E-state index in [0.29, 0.717) is 24.1 Å². The maximum absolute atomic E-state index is 11.9. The Kier molecular flexibility index (Phi) is 3.25. The molecular formula is C11H18N2O3S. The topological polar surface area (TPSA) is 58.6 Å². The predicted molar refractivity (Wildman–Crippen MR) is 66.0 cm³/mol. The third-order valence-electron chi connectivity index (χ3n) is 2.69. The van der Waals surface area contributed by atoms with E-state index < -0.39 is 5.60 Å². The van der Waals surface area contributed by atoms with Gasteiger partial charge in [-0.2, -0.15) is 0 Å². The lowest BCUT2D eigenvalue weighted by molar-refractivity contribution is -0.119. The van der Waals surface area contributed by atoms with Crippen molar-refractivity contribution < 1.29 is 14.3 Å². The van der Waals surface area contributed by atoms with E-state index in [2.05, 4.69) is 5.32 Å². The number of nitrogens with one attached hydrogen (secondary N) is 1. The Morgan fingerprint density at radius 2 is 2.18 bits per heavy atom. The highest BCUT2D eigenvalue weighted by atomic mass is 32.2. The molecule has 17 heavy (non-hydrogen) atoms. The van der Waals surface area contributed by atoms with Crippen LogP contribution in [0.5, 0.6) is 0 Å². The minimum absolute atomic E-state index is 0.0577. The molecule has 2 atom stereocenters. The lowest BCUT2D eigenvalue weighted by Crippen LogP contribution is -2.47. The molecule has 0 radical (unpaired) electrons. The molecule has 0 aliphatic carbocycles. The summed E-state index contributed by atoms with van der Waals surface area (Å²) in [6, 6.07) is 0.0776. The SMILES string of the molecule is CC(C)(C)OC(=O)N1C[C@@H]2NC(=O)CS[C@H]2C1. The number of likely N-dealkylation sites (tertiary alicyclic amines) is 1. The normalized spacial score (nSPS) is 28.6. The van der Waals surface area contributed by atoms with E-state index >= 15 is 0 Å². The summed E-state index contributed by atoms with van der Waals surface area (Å²) in [7, 11) is 0. The van der Waals surface area contributed by atoms with Crippen LogP contribution in [-0.2, 0) is 9.53 Å². The van der Waals surface area contributed by atoms with Gasteiger partial charge in [-0.05, 0) is 20.8 Å². The van der Waals surface area contributed by atoms with Crippen LogP contribution in [0, 0.1) is 0 Å². The van der Waals surface area contributed by atoms with Crippen LogP contribution in [0.15, 0.2) is 0 Å². The number of thioether (sulfide) groups is 1. The van der Waals surface area contributed by atoms with E-state index in [1.54, 1.807) is 16.7 Å². The van der Waals surface area contributed by atoms with Gasteiger partial charge in [-0.1, -0.05) is 0 Å². The van der Waals surface area contributed by atoms with Crippen molar-refractivity contribution in [1.82, 2.24) is 10.2 Å². The second-order valence-electron chi connectivity index (χ2n) is 5.41. The van der Waals surface area contributed by atoms with Gasteiger partial charge in [-0.3, -0.25) is 4.79 Å². The molecule has 2 rings (SSSR count). The molecule has 0 aromatic heterocycles. The highest BCUT2D eigenvalue weighted by Crippen LogP contribution is 2.27. The summed E-state index contributed by atoms with van der Waals surface area (Å²) in [5.74, 6) is 0.547. The molecule has 0 unspecified atom stereocenters. The van der Waals surface area contributed by atoms with Crippen LogP contribution in [0.25, 0.3) is 0 Å². The number of hydrogen-bond donors (Lipinski definition) is 1. The zero-order chi connectivity index (χ0) is 12.6. The Bertz CT molecular complexity index is 340. The molecule has 0 aromatic rings. The number of carbonyl (C=O) groups excluding carboxylic acids is 2. The van der Waals surface area contributed by atoms with Gasteiger partial charge in [-0.15, -0.1) is 11.8 Å². The van der Waals surface area contributed by atoms with Crippen LogP contribution in [0.3, 0.4) is 0 Å². The summed E-state index contributed by atoms with van der Waals surface area (Å²) in [6.07, 6.45) is -0.290. The van der Waals surface area contributed by atoms with Gasteiger partial charge < -0.3 is 15.0 Å². The van der Waals surface area contributed by atoms with Crippen LogP contribution >= 0.6 is 11.8 Å². The number of fused-ring (bicyclic) bond motifs is 1. The molecule has 0 spiro atoms. The van der Waals surface area contributed by atoms with E-state index in [0.717, 1.165) is 0 Å². The summed E-state index contributed by atoms with van der Waals surface area (Å²) in [5, 5.41) is 3.22. The van der Waals surface area contributed by atoms with Gasteiger partial charge in [-0.25, -0.2) is 4.79 Å². The van der Waals surface area contributed by atoms with Crippen LogP contribution in [0.4, 0.5) is 4.79 Å². The quantitative estimate of drug-likeness (QED) is 0.699. The summed E-state index contributed by atoms with van der Waals surface area (Å²) in [5.41, 5.74) is -0.471. The fraction of sp³-hybridized carbons (Fsp3) is 0.818. The van der Waals surface area contributed by atoms with Gasteiger partial charge in [0.2, 0.25) is 5.91 Å². The molecule has 2 amide bonds. The van der Waals surface area contributed by atoms with Crippen LogP contribution in [0.2, 0.25) is 0 Å². The van der Waals surface area contributed by atoms with Gasteiger partial charge in [0.1, 0.15) is 5.60 Å². The van der Waals surface area contributed by atoms with Gasteiger partial charge in [0.05, 0.1) is 11.8 Å². The Morgan fingerprint density at radius 1 is 1.47 bits per heavy atom. The van der Waals surface area contributed by atoms with Crippen LogP contribution in [0.1, 0.15) is 20.8 Å². The van der Waals surface area contributed by atoms with Crippen molar-refractivity contribution in [2.45, 2.75) is 37.7 Å². The third kappa shape index (κ3) is 3.06. The lowest BCUT2D eigenvalue weighted by atomic mass is 10.2. The average molecular weight is 258 g/mol. The number of rotatable bonds is 0. The predicted octanol–water partition coefficient (Wildman–Crippen LogP) is 0.837. The van der Waals surface area contributed by atoms with Crippen molar-refractivity contribution in [3.05, 3.63) is 0 Å². The minimum atomic E-state index is -0.471. The van der Waals surface area contributed by atoms with Crippen molar-refractivity contribution in [1.29, 1.82) is 0 Å². The first kappa shape index (κ1) is 12.5. The second kappa shape index (κ2) is 4.40. The maximum Gasteiger partial charge on any atom is 0.410 e. The zero-order valence-corrected chi connectivity index (χ0v) is 11.2. The molecule has 2 saturated heterocycles. The van der Waals surface area contributed by atoms with E-state index in [9.17, 15) is 9.59 Å². The smallest absolute Gasteiger partial charge is 0.410 e. The van der Waals surface area contributed by atoms with E-state index in [-0.39, 0.29) is 18.0 Å². The Morgan fingerprint density at radius 3 is 2.82 bits per heavy atom. The molecular weight excluding hydrogens is 240 g/mol. The number of ether oxygens (including phenoxy) is 1. The summed E-state index contributed by atoms with van der Waals surface area (Å²) in [4.78, 5) is 24.8. The lowest BCUT2D eigenvalue weighted by Gasteiger charge is -2.24. The van der Waals surface area contributed by atoms with E-state index in [1.165, 1.54) is 0 Å². The minimum Gasteiger partial charge on any atom is -0.444 e. The molecule has 0 aromatic carbocycles. The van der Waals surface area contributed by atoms with Gasteiger partial charge in [0.15, 0.2) is 0 Å². The molecule has 96 valence electrons. The Balaban J connectivity index is 1.93. The zero-order valence-electron chi connectivity index (χ0n) is 10.4. The van der Waals surface area contributed by atoms with E-state index in [4.69, 9.17) is 4.74 Å². The fourth-order valence-electron chi connectivity index (χ4n) is 1.99. The molecule has 1 N–H and O–H groups in total. The molecule has 2 heterocycles. The fourth-order valence-corrected chi connectivity index (χ4v) is 3.11. The van der Waals surface area contributed by atoms with Crippen LogP contribution < -0.4 is 5.32 Å². The number of carbonyl (C=O) groups is 2. The largest absolute Gasteiger partial charge is 0.444 e. The second-order valence-corrected chi connectivity index (χ2v) is 6.64. The first-order chi connectivity index (χ1) is 7.85. The van der Waals surface area contributed by atoms with Gasteiger partial charge in [0, 0.05) is 18.3 Å². The Labute approximate surface area is 105 Å². The molecule has 2 aliphatic heterocycles. The first-order valence-electron chi connectivity index (χ1n) is 5.74.